The van der Waals surface area contributed by atoms with Crippen molar-refractivity contribution in [2.24, 2.45) is 0 Å². The Morgan fingerprint density at radius 1 is 1.31 bits per heavy atom. The number of nitrogens with zero attached hydrogens (tertiary/aromatic N) is 1. The van der Waals surface area contributed by atoms with Gasteiger partial charge in [-0.3, -0.25) is 14.5 Å². The van der Waals surface area contributed by atoms with Gasteiger partial charge in [-0.2, -0.15) is 0 Å². The highest BCUT2D eigenvalue weighted by Crippen LogP contribution is 2.37. The van der Waals surface area contributed by atoms with Gasteiger partial charge in [0.25, 0.3) is 11.1 Å². The Labute approximate surface area is 167 Å². The molecule has 2 amide bonds. The largest absolute Gasteiger partial charge is 0.504 e. The first kappa shape index (κ1) is 18.7. The van der Waals surface area contributed by atoms with Crippen molar-refractivity contribution in [1.82, 2.24) is 4.90 Å². The van der Waals surface area contributed by atoms with E-state index in [0.717, 1.165) is 16.7 Å². The summed E-state index contributed by atoms with van der Waals surface area (Å²) < 4.78 is 19.4. The fraction of sp³-hybridized carbons (Fsp3) is 0.111. The summed E-state index contributed by atoms with van der Waals surface area (Å²) in [6.07, 6.45) is 1.55. The zero-order chi connectivity index (χ0) is 18.8. The van der Waals surface area contributed by atoms with E-state index in [4.69, 9.17) is 4.74 Å². The van der Waals surface area contributed by atoms with Crippen LogP contribution in [0.2, 0.25) is 0 Å². The van der Waals surface area contributed by atoms with Crippen molar-refractivity contribution in [3.05, 3.63) is 61.8 Å². The number of halogens is 2. The second kappa shape index (κ2) is 7.67. The molecule has 1 aliphatic rings. The second-order valence-corrected chi connectivity index (χ2v) is 7.57. The van der Waals surface area contributed by atoms with Crippen LogP contribution in [0.4, 0.5) is 9.18 Å². The first-order valence-electron chi connectivity index (χ1n) is 7.46. The zero-order valence-corrected chi connectivity index (χ0v) is 16.5. The van der Waals surface area contributed by atoms with Crippen LogP contribution in [0.5, 0.6) is 11.5 Å². The Bertz CT molecular complexity index is 931. The highest BCUT2D eigenvalue weighted by atomic mass is 127. The quantitative estimate of drug-likeness (QED) is 0.515. The number of ether oxygens (including phenoxy) is 1. The number of rotatable bonds is 4. The summed E-state index contributed by atoms with van der Waals surface area (Å²) in [7, 11) is 1.43. The van der Waals surface area contributed by atoms with Gasteiger partial charge in [0.1, 0.15) is 5.82 Å². The summed E-state index contributed by atoms with van der Waals surface area (Å²) in [6, 6.07) is 9.26. The van der Waals surface area contributed by atoms with E-state index < -0.39 is 17.0 Å². The molecule has 1 saturated heterocycles. The van der Waals surface area contributed by atoms with Crippen LogP contribution in [0.1, 0.15) is 11.1 Å². The monoisotopic (exact) mass is 485 g/mol. The lowest BCUT2D eigenvalue weighted by molar-refractivity contribution is -0.123. The van der Waals surface area contributed by atoms with Crippen molar-refractivity contribution < 1.29 is 23.8 Å². The molecule has 3 rings (SSSR count). The second-order valence-electron chi connectivity index (χ2n) is 5.41. The number of phenolic OH excluding ortho intramolecular Hbond substituents is 1. The van der Waals surface area contributed by atoms with E-state index >= 15 is 0 Å². The number of amides is 2. The Balaban J connectivity index is 1.88. The van der Waals surface area contributed by atoms with E-state index in [1.54, 1.807) is 30.3 Å². The number of hydrogen-bond donors (Lipinski definition) is 1. The molecule has 0 radical (unpaired) electrons. The molecule has 0 aliphatic carbocycles. The van der Waals surface area contributed by atoms with E-state index in [1.807, 2.05) is 22.6 Å². The highest BCUT2D eigenvalue weighted by Gasteiger charge is 2.35. The van der Waals surface area contributed by atoms with Gasteiger partial charge in [-0.05, 0) is 64.2 Å². The van der Waals surface area contributed by atoms with Crippen LogP contribution < -0.4 is 4.74 Å². The molecule has 1 fully saturated rings. The van der Waals surface area contributed by atoms with Gasteiger partial charge >= 0.3 is 0 Å². The number of carbonyl (C=O) groups is 2. The fourth-order valence-corrected chi connectivity index (χ4v) is 3.88. The number of methoxy groups -OCH3 is 1. The Hall–Kier alpha value is -2.07. The first-order chi connectivity index (χ1) is 12.4. The fourth-order valence-electron chi connectivity index (χ4n) is 2.42. The van der Waals surface area contributed by atoms with Crippen LogP contribution in [-0.2, 0) is 11.3 Å². The summed E-state index contributed by atoms with van der Waals surface area (Å²) in [5, 5.41) is 9.43. The molecule has 134 valence electrons. The van der Waals surface area contributed by atoms with Crippen LogP contribution in [0, 0.1) is 9.39 Å². The third-order valence-electron chi connectivity index (χ3n) is 3.73. The summed E-state index contributed by atoms with van der Waals surface area (Å²) in [6.45, 7) is -0.120. The van der Waals surface area contributed by atoms with E-state index in [2.05, 4.69) is 0 Å². The van der Waals surface area contributed by atoms with Crippen molar-refractivity contribution in [2.45, 2.75) is 6.54 Å². The topological polar surface area (TPSA) is 66.8 Å². The summed E-state index contributed by atoms with van der Waals surface area (Å²) >= 11 is 2.74. The number of benzene rings is 2. The molecule has 1 N–H and O–H groups in total. The van der Waals surface area contributed by atoms with Crippen LogP contribution in [0.3, 0.4) is 0 Å². The normalized spacial score (nSPS) is 15.8. The van der Waals surface area contributed by atoms with Gasteiger partial charge < -0.3 is 9.84 Å². The van der Waals surface area contributed by atoms with Gasteiger partial charge in [-0.15, -0.1) is 0 Å². The van der Waals surface area contributed by atoms with Gasteiger partial charge in [0.2, 0.25) is 0 Å². The van der Waals surface area contributed by atoms with Crippen molar-refractivity contribution in [3.63, 3.8) is 0 Å². The number of carbonyl (C=O) groups excluding carboxylic acids is 2. The molecule has 2 aromatic carbocycles. The summed E-state index contributed by atoms with van der Waals surface area (Å²) in [4.78, 5) is 26.0. The molecule has 0 saturated carbocycles. The van der Waals surface area contributed by atoms with Crippen molar-refractivity contribution in [2.75, 3.05) is 7.11 Å². The standard InChI is InChI=1S/C18H13FINO4S/c1-25-14-7-10(6-13(20)16(14)22)8-15-17(23)21(18(24)26-15)9-11-4-2-3-5-12(11)19/h2-8,22H,9H2,1H3/b15-8+. The molecule has 2 aromatic rings. The number of imide groups is 1. The minimum absolute atomic E-state index is 0.0120. The maximum atomic E-state index is 13.8. The maximum absolute atomic E-state index is 13.8. The number of hydrogen-bond acceptors (Lipinski definition) is 5. The molecule has 0 aromatic heterocycles. The van der Waals surface area contributed by atoms with Crippen molar-refractivity contribution in [3.8, 4) is 11.5 Å². The molecular formula is C18H13FINO4S. The van der Waals surface area contributed by atoms with E-state index in [1.165, 1.54) is 19.2 Å². The van der Waals surface area contributed by atoms with Crippen LogP contribution in [-0.4, -0.2) is 28.3 Å². The van der Waals surface area contributed by atoms with E-state index in [-0.39, 0.29) is 28.5 Å². The minimum atomic E-state index is -0.481. The third kappa shape index (κ3) is 3.70. The van der Waals surface area contributed by atoms with Gasteiger partial charge in [-0.1, -0.05) is 18.2 Å². The average Bonchev–Trinajstić information content (AvgIpc) is 2.87. The lowest BCUT2D eigenvalue weighted by Gasteiger charge is -2.12. The molecule has 5 nitrogen and oxygen atoms in total. The molecule has 1 aliphatic heterocycles. The van der Waals surface area contributed by atoms with Crippen molar-refractivity contribution in [1.29, 1.82) is 0 Å². The third-order valence-corrected chi connectivity index (χ3v) is 5.46. The lowest BCUT2D eigenvalue weighted by Crippen LogP contribution is -2.27. The smallest absolute Gasteiger partial charge is 0.293 e. The summed E-state index contributed by atoms with van der Waals surface area (Å²) in [5.41, 5.74) is 0.886. The molecule has 0 atom stereocenters. The molecule has 0 spiro atoms. The van der Waals surface area contributed by atoms with Gasteiger partial charge in [0, 0.05) is 5.56 Å². The number of phenols is 1. The molecule has 26 heavy (non-hydrogen) atoms. The Morgan fingerprint density at radius 3 is 2.73 bits per heavy atom. The maximum Gasteiger partial charge on any atom is 0.293 e. The summed E-state index contributed by atoms with van der Waals surface area (Å²) in [5.74, 6) is -0.662. The number of aromatic hydroxyl groups is 1. The molecule has 1 heterocycles. The van der Waals surface area contributed by atoms with Crippen LogP contribution in [0.25, 0.3) is 6.08 Å². The van der Waals surface area contributed by atoms with Crippen LogP contribution >= 0.6 is 34.4 Å². The lowest BCUT2D eigenvalue weighted by atomic mass is 10.1. The van der Waals surface area contributed by atoms with Gasteiger partial charge in [0.15, 0.2) is 11.5 Å². The van der Waals surface area contributed by atoms with Gasteiger partial charge in [0.05, 0.1) is 22.1 Å². The molecule has 0 unspecified atom stereocenters. The molecule has 0 bridgehead atoms. The van der Waals surface area contributed by atoms with Crippen LogP contribution in [0.15, 0.2) is 41.3 Å². The minimum Gasteiger partial charge on any atom is -0.504 e. The molecular weight excluding hydrogens is 472 g/mol. The van der Waals surface area contributed by atoms with Gasteiger partial charge in [-0.25, -0.2) is 4.39 Å². The predicted molar refractivity (Wildman–Crippen MR) is 105 cm³/mol. The highest BCUT2D eigenvalue weighted by molar-refractivity contribution is 14.1. The predicted octanol–water partition coefficient (Wildman–Crippen LogP) is 4.38. The van der Waals surface area contributed by atoms with Crippen molar-refractivity contribution >= 4 is 51.6 Å². The van der Waals surface area contributed by atoms with E-state index in [9.17, 15) is 19.1 Å². The Kier molecular flexibility index (Phi) is 5.52. The average molecular weight is 485 g/mol. The zero-order valence-electron chi connectivity index (χ0n) is 13.5. The Morgan fingerprint density at radius 2 is 2.04 bits per heavy atom. The van der Waals surface area contributed by atoms with E-state index in [0.29, 0.717) is 9.13 Å². The number of thioether (sulfide) groups is 1. The SMILES string of the molecule is COc1cc(/C=C2/SC(=O)N(Cc3ccccc3F)C2=O)cc(I)c1O. The molecule has 8 heteroatoms. The first-order valence-corrected chi connectivity index (χ1v) is 9.35.